The van der Waals surface area contributed by atoms with E-state index in [9.17, 15) is 22.4 Å². The fraction of sp³-hybridized carbons (Fsp3) is 0.188. The summed E-state index contributed by atoms with van der Waals surface area (Å²) in [5, 5.41) is 2.38. The first kappa shape index (κ1) is 17.6. The Morgan fingerprint density at radius 3 is 2.73 bits per heavy atom. The van der Waals surface area contributed by atoms with Crippen molar-refractivity contribution in [2.24, 2.45) is 10.7 Å². The number of amidine groups is 1. The smallest absolute Gasteiger partial charge is 0.307 e. The van der Waals surface area contributed by atoms with E-state index in [2.05, 4.69) is 20.0 Å². The van der Waals surface area contributed by atoms with Crippen LogP contribution in [0.2, 0.25) is 0 Å². The van der Waals surface area contributed by atoms with E-state index in [0.29, 0.717) is 0 Å². The van der Waals surface area contributed by atoms with Crippen molar-refractivity contribution in [3.05, 3.63) is 59.4 Å². The first-order chi connectivity index (χ1) is 12.3. The molecular weight excluding hydrogens is 356 g/mol. The monoisotopic (exact) mass is 368 g/mol. The summed E-state index contributed by atoms with van der Waals surface area (Å²) in [6.07, 6.45) is 0.852. The molecule has 1 aromatic carbocycles. The van der Waals surface area contributed by atoms with Crippen molar-refractivity contribution in [3.63, 3.8) is 0 Å². The number of aromatic nitrogens is 1. The third-order valence-corrected chi connectivity index (χ3v) is 3.58. The van der Waals surface area contributed by atoms with Gasteiger partial charge in [-0.15, -0.1) is 0 Å². The predicted molar refractivity (Wildman–Crippen MR) is 83.8 cm³/mol. The normalized spacial score (nSPS) is 18.6. The summed E-state index contributed by atoms with van der Waals surface area (Å²) in [5.41, 5.74) is 4.79. The summed E-state index contributed by atoms with van der Waals surface area (Å²) in [5.74, 6) is -5.76. The Balaban J connectivity index is 1.89. The van der Waals surface area contributed by atoms with Crippen LogP contribution in [0.1, 0.15) is 22.1 Å². The van der Waals surface area contributed by atoms with Crippen LogP contribution in [0.3, 0.4) is 0 Å². The highest BCUT2D eigenvalue weighted by atomic mass is 19.3. The molecule has 0 fully saturated rings. The van der Waals surface area contributed by atoms with Crippen molar-refractivity contribution in [1.29, 1.82) is 0 Å². The molecule has 2 heterocycles. The van der Waals surface area contributed by atoms with Gasteiger partial charge in [0.15, 0.2) is 12.6 Å². The van der Waals surface area contributed by atoms with E-state index in [4.69, 9.17) is 5.73 Å². The standard InChI is InChI=1S/C16H12F4N4O2/c17-8-1-4-12(22-6-8)14(25)23-9-2-3-11(18)10(5-9)13-16(19,20)7-26-15(21)24-13/h1-6,13H,7H2,(H2,21,24)(H,23,25). The number of carbonyl (C=O) groups excluding carboxylic acids is 1. The van der Waals surface area contributed by atoms with Gasteiger partial charge < -0.3 is 15.8 Å². The molecule has 0 bridgehead atoms. The van der Waals surface area contributed by atoms with Crippen LogP contribution in [0.25, 0.3) is 0 Å². The topological polar surface area (TPSA) is 89.6 Å². The molecule has 1 aliphatic rings. The summed E-state index contributed by atoms with van der Waals surface area (Å²) in [7, 11) is 0. The first-order valence-corrected chi connectivity index (χ1v) is 7.32. The molecule has 1 aliphatic heterocycles. The third-order valence-electron chi connectivity index (χ3n) is 3.58. The van der Waals surface area contributed by atoms with Crippen molar-refractivity contribution >= 4 is 17.6 Å². The van der Waals surface area contributed by atoms with Crippen molar-refractivity contribution < 1.29 is 27.1 Å². The zero-order chi connectivity index (χ0) is 18.9. The lowest BCUT2D eigenvalue weighted by molar-refractivity contribution is -0.0788. The summed E-state index contributed by atoms with van der Waals surface area (Å²) in [6.45, 7) is -1.04. The van der Waals surface area contributed by atoms with Gasteiger partial charge in [0.25, 0.3) is 11.9 Å². The third kappa shape index (κ3) is 3.58. The van der Waals surface area contributed by atoms with Crippen LogP contribution >= 0.6 is 0 Å². The Morgan fingerprint density at radius 2 is 2.04 bits per heavy atom. The maximum atomic E-state index is 14.1. The second-order valence-electron chi connectivity index (χ2n) is 5.47. The minimum atomic E-state index is -3.48. The number of aliphatic imine (C=N–C) groups is 1. The molecule has 0 saturated heterocycles. The van der Waals surface area contributed by atoms with Gasteiger partial charge in [0, 0.05) is 11.3 Å². The van der Waals surface area contributed by atoms with Gasteiger partial charge in [-0.3, -0.25) is 4.79 Å². The molecule has 1 amide bonds. The molecular formula is C16H12F4N4O2. The van der Waals surface area contributed by atoms with Crippen molar-refractivity contribution in [1.82, 2.24) is 4.98 Å². The Labute approximate surface area is 144 Å². The molecule has 136 valence electrons. The number of hydrogen-bond acceptors (Lipinski definition) is 5. The van der Waals surface area contributed by atoms with Gasteiger partial charge in [-0.1, -0.05) is 0 Å². The first-order valence-electron chi connectivity index (χ1n) is 7.32. The lowest BCUT2D eigenvalue weighted by Crippen LogP contribution is -2.40. The Bertz CT molecular complexity index is 871. The van der Waals surface area contributed by atoms with Crippen molar-refractivity contribution in [3.8, 4) is 0 Å². The summed E-state index contributed by atoms with van der Waals surface area (Å²) >= 11 is 0. The van der Waals surface area contributed by atoms with Crippen LogP contribution in [-0.4, -0.2) is 29.4 Å². The maximum absolute atomic E-state index is 14.1. The summed E-state index contributed by atoms with van der Waals surface area (Å²) in [4.78, 5) is 19.1. The molecule has 26 heavy (non-hydrogen) atoms. The number of rotatable bonds is 3. The second kappa shape index (κ2) is 6.62. The van der Waals surface area contributed by atoms with E-state index in [1.165, 1.54) is 6.07 Å². The number of ether oxygens (including phenoxy) is 1. The number of amides is 1. The average molecular weight is 368 g/mol. The van der Waals surface area contributed by atoms with Gasteiger partial charge in [-0.25, -0.2) is 27.5 Å². The van der Waals surface area contributed by atoms with Crippen LogP contribution < -0.4 is 11.1 Å². The number of nitrogens with one attached hydrogen (secondary N) is 1. The number of hydrogen-bond donors (Lipinski definition) is 2. The Hall–Kier alpha value is -3.17. The molecule has 0 aliphatic carbocycles. The predicted octanol–water partition coefficient (Wildman–Crippen LogP) is 2.63. The molecule has 0 spiro atoms. The fourth-order valence-electron chi connectivity index (χ4n) is 2.34. The van der Waals surface area contributed by atoms with Gasteiger partial charge in [-0.2, -0.15) is 0 Å². The molecule has 1 unspecified atom stereocenters. The highest BCUT2D eigenvalue weighted by molar-refractivity contribution is 6.02. The molecule has 3 rings (SSSR count). The van der Waals surface area contributed by atoms with E-state index in [1.807, 2.05) is 0 Å². The Kier molecular flexibility index (Phi) is 4.49. The van der Waals surface area contributed by atoms with Crippen LogP contribution in [0.15, 0.2) is 41.5 Å². The van der Waals surface area contributed by atoms with Crippen molar-refractivity contribution in [2.45, 2.75) is 12.0 Å². The van der Waals surface area contributed by atoms with Crippen molar-refractivity contribution in [2.75, 3.05) is 11.9 Å². The van der Waals surface area contributed by atoms with E-state index in [1.54, 1.807) is 0 Å². The van der Waals surface area contributed by atoms with Gasteiger partial charge in [0.1, 0.15) is 17.3 Å². The number of nitrogens with zero attached hydrogens (tertiary/aromatic N) is 2. The number of nitrogens with two attached hydrogens (primary N) is 1. The largest absolute Gasteiger partial charge is 0.459 e. The van der Waals surface area contributed by atoms with Gasteiger partial charge in [-0.05, 0) is 30.3 Å². The number of halogens is 4. The average Bonchev–Trinajstić information content (AvgIpc) is 2.59. The molecule has 1 atom stereocenters. The summed E-state index contributed by atoms with van der Waals surface area (Å²) < 4.78 is 59.5. The van der Waals surface area contributed by atoms with Gasteiger partial charge in [0.05, 0.1) is 6.20 Å². The highest BCUT2D eigenvalue weighted by Gasteiger charge is 2.46. The summed E-state index contributed by atoms with van der Waals surface area (Å²) in [6, 6.07) is 2.94. The van der Waals surface area contributed by atoms with Gasteiger partial charge in [0.2, 0.25) is 0 Å². The quantitative estimate of drug-likeness (QED) is 0.815. The Morgan fingerprint density at radius 1 is 1.27 bits per heavy atom. The number of carbonyl (C=O) groups is 1. The van der Waals surface area contributed by atoms with Gasteiger partial charge >= 0.3 is 5.92 Å². The lowest BCUT2D eigenvalue weighted by atomic mass is 9.99. The second-order valence-corrected chi connectivity index (χ2v) is 5.47. The minimum Gasteiger partial charge on any atom is -0.459 e. The van der Waals surface area contributed by atoms with Crippen LogP contribution in [0.4, 0.5) is 23.2 Å². The highest BCUT2D eigenvalue weighted by Crippen LogP contribution is 2.39. The van der Waals surface area contributed by atoms with E-state index in [-0.39, 0.29) is 11.4 Å². The molecule has 0 radical (unpaired) electrons. The SMILES string of the molecule is NC1=NC(c2cc(NC(=O)c3ccc(F)cn3)ccc2F)C(F)(F)CO1. The van der Waals surface area contributed by atoms with Crippen LogP contribution in [0, 0.1) is 11.6 Å². The molecule has 10 heteroatoms. The number of pyridine rings is 1. The number of benzene rings is 1. The molecule has 2 aromatic rings. The molecule has 6 nitrogen and oxygen atoms in total. The van der Waals surface area contributed by atoms with E-state index in [0.717, 1.165) is 30.5 Å². The molecule has 0 saturated carbocycles. The zero-order valence-electron chi connectivity index (χ0n) is 13.0. The van der Waals surface area contributed by atoms with E-state index >= 15 is 0 Å². The van der Waals surface area contributed by atoms with Crippen LogP contribution in [0.5, 0.6) is 0 Å². The van der Waals surface area contributed by atoms with Crippen LogP contribution in [-0.2, 0) is 4.74 Å². The fourth-order valence-corrected chi connectivity index (χ4v) is 2.34. The van der Waals surface area contributed by atoms with E-state index < -0.39 is 47.7 Å². The lowest BCUT2D eigenvalue weighted by Gasteiger charge is -2.28. The maximum Gasteiger partial charge on any atom is 0.307 e. The number of anilines is 1. The minimum absolute atomic E-state index is 0.0357. The zero-order valence-corrected chi connectivity index (χ0v) is 13.0. The number of alkyl halides is 2. The molecule has 3 N–H and O–H groups in total. The molecule has 1 aromatic heterocycles.